The fourth-order valence-corrected chi connectivity index (χ4v) is 6.13. The lowest BCUT2D eigenvalue weighted by molar-refractivity contribution is -0.167. The number of aromatic hydroxyl groups is 1. The summed E-state index contributed by atoms with van der Waals surface area (Å²) < 4.78 is 0. The number of primary amides is 1. The highest BCUT2D eigenvalue weighted by Gasteiger charge is 2.62. The zero-order valence-electron chi connectivity index (χ0n) is 20.9. The summed E-state index contributed by atoms with van der Waals surface area (Å²) in [5.74, 6) is -1.49. The van der Waals surface area contributed by atoms with Gasteiger partial charge in [-0.25, -0.2) is 0 Å². The lowest BCUT2D eigenvalue weighted by atomic mass is 9.57. The fraction of sp³-hybridized carbons (Fsp3) is 0.345. The quantitative estimate of drug-likeness (QED) is 0.294. The number of rotatable bonds is 2. The van der Waals surface area contributed by atoms with Crippen molar-refractivity contribution in [1.29, 1.82) is 0 Å². The van der Waals surface area contributed by atoms with Crippen LogP contribution in [0.2, 0.25) is 0 Å². The first kappa shape index (κ1) is 25.5. The van der Waals surface area contributed by atoms with Crippen molar-refractivity contribution in [3.63, 3.8) is 0 Å². The van der Waals surface area contributed by atoms with Crippen molar-refractivity contribution in [3.05, 3.63) is 70.0 Å². The van der Waals surface area contributed by atoms with E-state index >= 15 is 0 Å². The Kier molecular flexibility index (Phi) is 6.05. The number of ketones is 2. The Morgan fingerprint density at radius 1 is 1.11 bits per heavy atom. The molecule has 0 spiro atoms. The molecule has 0 aromatic heterocycles. The molecular formula is C29H28N2O7. The summed E-state index contributed by atoms with van der Waals surface area (Å²) in [6.07, 6.45) is -1.20. The third-order valence-electron chi connectivity index (χ3n) is 7.96. The second kappa shape index (κ2) is 9.01. The van der Waals surface area contributed by atoms with E-state index in [9.17, 15) is 34.8 Å². The maximum absolute atomic E-state index is 13.9. The molecule has 1 amide bonds. The first-order valence-corrected chi connectivity index (χ1v) is 12.3. The van der Waals surface area contributed by atoms with Crippen LogP contribution in [0.3, 0.4) is 0 Å². The van der Waals surface area contributed by atoms with Gasteiger partial charge in [-0.1, -0.05) is 30.0 Å². The molecule has 6 N–H and O–H groups in total. The predicted octanol–water partition coefficient (Wildman–Crippen LogP) is 1.21. The normalized spacial score (nSPS) is 28.0. The molecule has 38 heavy (non-hydrogen) atoms. The van der Waals surface area contributed by atoms with Crippen LogP contribution in [0.5, 0.6) is 5.75 Å². The van der Waals surface area contributed by atoms with Crippen molar-refractivity contribution in [3.8, 4) is 17.6 Å². The van der Waals surface area contributed by atoms with Gasteiger partial charge >= 0.3 is 0 Å². The summed E-state index contributed by atoms with van der Waals surface area (Å²) in [6.45, 7) is 0. The van der Waals surface area contributed by atoms with E-state index in [-0.39, 0.29) is 41.7 Å². The number of benzene rings is 2. The first-order valence-electron chi connectivity index (χ1n) is 12.3. The fourth-order valence-electron chi connectivity index (χ4n) is 6.13. The van der Waals surface area contributed by atoms with Crippen molar-refractivity contribution < 1.29 is 34.8 Å². The molecule has 0 saturated heterocycles. The number of amides is 1. The molecule has 5 rings (SSSR count). The van der Waals surface area contributed by atoms with Gasteiger partial charge in [-0.2, -0.15) is 0 Å². The average Bonchev–Trinajstić information content (AvgIpc) is 2.86. The SMILES string of the molecule is CN(C)c1cc(C#Cc2ccccc2)c(O)c2c1C[C@H]1C[C@H]3CC(O)C(C(N)=O)C(=O)[C@@]3(O)C(O)=C1C2=O. The van der Waals surface area contributed by atoms with Gasteiger partial charge in [0.15, 0.2) is 17.2 Å². The van der Waals surface area contributed by atoms with Crippen LogP contribution in [-0.4, -0.2) is 63.7 Å². The van der Waals surface area contributed by atoms with Gasteiger partial charge < -0.3 is 31.1 Å². The Balaban J connectivity index is 1.67. The number of nitrogens with two attached hydrogens (primary N) is 1. The monoisotopic (exact) mass is 516 g/mol. The number of carbonyl (C=O) groups is 3. The molecule has 0 aliphatic heterocycles. The molecule has 196 valence electrons. The van der Waals surface area contributed by atoms with Gasteiger partial charge in [0.05, 0.1) is 17.2 Å². The average molecular weight is 517 g/mol. The number of aliphatic hydroxyl groups is 3. The first-order chi connectivity index (χ1) is 18.0. The maximum Gasteiger partial charge on any atom is 0.230 e. The van der Waals surface area contributed by atoms with E-state index < -0.39 is 52.7 Å². The van der Waals surface area contributed by atoms with Crippen LogP contribution in [0, 0.1) is 29.6 Å². The number of aliphatic hydroxyl groups excluding tert-OH is 2. The van der Waals surface area contributed by atoms with Crippen molar-refractivity contribution in [2.45, 2.75) is 31.0 Å². The largest absolute Gasteiger partial charge is 0.508 e. The predicted molar refractivity (Wildman–Crippen MR) is 137 cm³/mol. The van der Waals surface area contributed by atoms with Gasteiger partial charge in [0.1, 0.15) is 17.4 Å². The highest BCUT2D eigenvalue weighted by molar-refractivity contribution is 6.16. The van der Waals surface area contributed by atoms with Crippen molar-refractivity contribution in [1.82, 2.24) is 0 Å². The van der Waals surface area contributed by atoms with Gasteiger partial charge in [0, 0.05) is 36.8 Å². The minimum Gasteiger partial charge on any atom is -0.508 e. The lowest BCUT2D eigenvalue weighted by Gasteiger charge is -2.48. The number of hydrogen-bond acceptors (Lipinski definition) is 8. The van der Waals surface area contributed by atoms with Crippen LogP contribution < -0.4 is 10.6 Å². The molecule has 0 bridgehead atoms. The van der Waals surface area contributed by atoms with E-state index in [0.717, 1.165) is 0 Å². The molecule has 0 radical (unpaired) electrons. The van der Waals surface area contributed by atoms with Gasteiger partial charge in [-0.3, -0.25) is 14.4 Å². The van der Waals surface area contributed by atoms with Crippen molar-refractivity contribution >= 4 is 23.2 Å². The summed E-state index contributed by atoms with van der Waals surface area (Å²) in [7, 11) is 3.60. The number of nitrogens with zero attached hydrogens (tertiary/aromatic N) is 1. The zero-order chi connectivity index (χ0) is 27.5. The third-order valence-corrected chi connectivity index (χ3v) is 7.96. The molecule has 1 saturated carbocycles. The molecule has 2 unspecified atom stereocenters. The maximum atomic E-state index is 13.9. The van der Waals surface area contributed by atoms with E-state index in [1.54, 1.807) is 25.1 Å². The van der Waals surface area contributed by atoms with Crippen LogP contribution in [-0.2, 0) is 16.0 Å². The molecule has 1 fully saturated rings. The minimum absolute atomic E-state index is 0.0526. The van der Waals surface area contributed by atoms with Crippen LogP contribution in [0.15, 0.2) is 47.7 Å². The second-order valence-electron chi connectivity index (χ2n) is 10.4. The van der Waals surface area contributed by atoms with Crippen LogP contribution in [0.1, 0.15) is 39.9 Å². The zero-order valence-corrected chi connectivity index (χ0v) is 20.9. The van der Waals surface area contributed by atoms with Crippen molar-refractivity contribution in [2.75, 3.05) is 19.0 Å². The van der Waals surface area contributed by atoms with E-state index in [0.29, 0.717) is 16.8 Å². The molecule has 3 aliphatic carbocycles. The Labute approximate surface area is 219 Å². The Bertz CT molecular complexity index is 1470. The summed E-state index contributed by atoms with van der Waals surface area (Å²) >= 11 is 0. The third kappa shape index (κ3) is 3.68. The number of fused-ring (bicyclic) bond motifs is 3. The van der Waals surface area contributed by atoms with Crippen LogP contribution >= 0.6 is 0 Å². The van der Waals surface area contributed by atoms with Gasteiger partial charge in [-0.15, -0.1) is 0 Å². The van der Waals surface area contributed by atoms with Gasteiger partial charge in [0.25, 0.3) is 0 Å². The van der Waals surface area contributed by atoms with E-state index in [1.165, 1.54) is 0 Å². The summed E-state index contributed by atoms with van der Waals surface area (Å²) in [5, 5.41) is 44.3. The number of hydrogen-bond donors (Lipinski definition) is 5. The second-order valence-corrected chi connectivity index (χ2v) is 10.4. The number of anilines is 1. The molecule has 2 aromatic carbocycles. The number of carbonyl (C=O) groups excluding carboxylic acids is 3. The smallest absolute Gasteiger partial charge is 0.230 e. The summed E-state index contributed by atoms with van der Waals surface area (Å²) in [5.41, 5.74) is 4.68. The molecule has 3 aliphatic rings. The molecule has 2 aromatic rings. The molecule has 0 heterocycles. The number of phenolic OH excluding ortho intramolecular Hbond substituents is 1. The highest BCUT2D eigenvalue weighted by Crippen LogP contribution is 2.52. The Morgan fingerprint density at radius 3 is 2.42 bits per heavy atom. The highest BCUT2D eigenvalue weighted by atomic mass is 16.3. The molecule has 9 heteroatoms. The summed E-state index contributed by atoms with van der Waals surface area (Å²) in [4.78, 5) is 40.7. The van der Waals surface area contributed by atoms with Gasteiger partial charge in [0.2, 0.25) is 5.91 Å². The number of Topliss-reactive ketones (excluding diaryl/α,β-unsaturated/α-hetero) is 2. The van der Waals surface area contributed by atoms with E-state index in [2.05, 4.69) is 11.8 Å². The Morgan fingerprint density at radius 2 is 1.79 bits per heavy atom. The van der Waals surface area contributed by atoms with E-state index in [4.69, 9.17) is 5.73 Å². The summed E-state index contributed by atoms with van der Waals surface area (Å²) in [6, 6.07) is 10.8. The van der Waals surface area contributed by atoms with Crippen LogP contribution in [0.25, 0.3) is 0 Å². The Hall–Kier alpha value is -4.13. The standard InChI is InChI=1S/C29H28N2O7/c1-31(2)19-12-15(9-8-14-6-4-3-5-7-14)24(33)22-18(19)11-16-10-17-13-20(32)23(28(30)37)27(36)29(17,38)26(35)21(16)25(22)34/h3-7,12,16-17,20,23,32-33,35,38H,10-11,13H2,1-2H3,(H2,30,37)/t16-,17+,20?,23?,29+/m1/s1. The number of phenols is 1. The van der Waals surface area contributed by atoms with Crippen molar-refractivity contribution in [2.24, 2.45) is 23.5 Å². The van der Waals surface area contributed by atoms with E-state index in [1.807, 2.05) is 30.3 Å². The lowest BCUT2D eigenvalue weighted by Crippen LogP contribution is -2.63. The van der Waals surface area contributed by atoms with Gasteiger partial charge in [-0.05, 0) is 48.9 Å². The topological polar surface area (TPSA) is 161 Å². The minimum atomic E-state index is -2.54. The molecular weight excluding hydrogens is 488 g/mol. The van der Waals surface area contributed by atoms with Crippen LogP contribution in [0.4, 0.5) is 5.69 Å². The number of allylic oxidation sites excluding steroid dienone is 1. The molecule has 9 nitrogen and oxygen atoms in total. The molecule has 5 atom stereocenters.